The van der Waals surface area contributed by atoms with Crippen LogP contribution in [0.3, 0.4) is 0 Å². The summed E-state index contributed by atoms with van der Waals surface area (Å²) >= 11 is 6.02. The molecule has 1 aromatic rings. The summed E-state index contributed by atoms with van der Waals surface area (Å²) in [6.07, 6.45) is 1.54. The quantitative estimate of drug-likeness (QED) is 0.880. The third-order valence-electron chi connectivity index (χ3n) is 3.18. The highest BCUT2D eigenvalue weighted by Gasteiger charge is 2.22. The first-order chi connectivity index (χ1) is 7.86. The van der Waals surface area contributed by atoms with Gasteiger partial charge in [-0.25, -0.2) is 4.98 Å². The van der Waals surface area contributed by atoms with Crippen molar-refractivity contribution in [1.29, 1.82) is 0 Å². The van der Waals surface area contributed by atoms with Crippen molar-refractivity contribution in [2.75, 3.05) is 19.0 Å². The third-order valence-corrected chi connectivity index (χ3v) is 3.46. The monoisotopic (exact) mass is 257 g/mol. The van der Waals surface area contributed by atoms with Crippen LogP contribution in [0, 0.1) is 11.3 Å². The fourth-order valence-electron chi connectivity index (χ4n) is 1.09. The largest absolute Gasteiger partial charge is 0.467 e. The SMILES string of the molecule is COc1ncc(Cl)c(NCC(C)(C)C(C)C)n1. The number of hydrogen-bond acceptors (Lipinski definition) is 4. The van der Waals surface area contributed by atoms with Crippen LogP contribution < -0.4 is 10.1 Å². The Kier molecular flexibility index (Phi) is 4.57. The number of rotatable bonds is 5. The first-order valence-corrected chi connectivity index (χ1v) is 6.05. The van der Waals surface area contributed by atoms with Crippen molar-refractivity contribution in [3.63, 3.8) is 0 Å². The van der Waals surface area contributed by atoms with Gasteiger partial charge >= 0.3 is 6.01 Å². The molecule has 17 heavy (non-hydrogen) atoms. The lowest BCUT2D eigenvalue weighted by Crippen LogP contribution is -2.28. The molecule has 0 aliphatic carbocycles. The molecule has 0 aliphatic heterocycles. The third kappa shape index (κ3) is 3.73. The topological polar surface area (TPSA) is 47.0 Å². The maximum Gasteiger partial charge on any atom is 0.318 e. The summed E-state index contributed by atoms with van der Waals surface area (Å²) in [5.74, 6) is 1.18. The second-order valence-corrected chi connectivity index (χ2v) is 5.46. The number of nitrogens with zero attached hydrogens (tertiary/aromatic N) is 2. The molecule has 0 amide bonds. The maximum absolute atomic E-state index is 6.02. The summed E-state index contributed by atoms with van der Waals surface area (Å²) in [6, 6.07) is 0.319. The first-order valence-electron chi connectivity index (χ1n) is 5.67. The minimum absolute atomic E-state index is 0.168. The first kappa shape index (κ1) is 14.0. The molecule has 0 aromatic carbocycles. The standard InChI is InChI=1S/C12H20ClN3O/c1-8(2)12(3,4)7-15-10-9(13)6-14-11(16-10)17-5/h6,8H,7H2,1-5H3,(H,14,15,16). The van der Waals surface area contributed by atoms with E-state index in [4.69, 9.17) is 16.3 Å². The number of nitrogens with one attached hydrogen (secondary N) is 1. The van der Waals surface area contributed by atoms with Gasteiger partial charge in [0, 0.05) is 6.54 Å². The number of halogens is 1. The minimum atomic E-state index is 0.168. The van der Waals surface area contributed by atoms with Crippen molar-refractivity contribution in [3.05, 3.63) is 11.2 Å². The molecule has 0 bridgehead atoms. The lowest BCUT2D eigenvalue weighted by molar-refractivity contribution is 0.269. The second kappa shape index (κ2) is 5.54. The fraction of sp³-hybridized carbons (Fsp3) is 0.667. The molecule has 0 aliphatic rings. The maximum atomic E-state index is 6.02. The summed E-state index contributed by atoms with van der Waals surface area (Å²) in [4.78, 5) is 8.11. The van der Waals surface area contributed by atoms with Crippen molar-refractivity contribution in [1.82, 2.24) is 9.97 Å². The molecular weight excluding hydrogens is 238 g/mol. The molecule has 0 spiro atoms. The zero-order valence-corrected chi connectivity index (χ0v) is 11.8. The summed E-state index contributed by atoms with van der Waals surface area (Å²) in [5, 5.41) is 3.75. The van der Waals surface area contributed by atoms with Gasteiger partial charge in [0.05, 0.1) is 13.3 Å². The number of hydrogen-bond donors (Lipinski definition) is 1. The molecule has 4 nitrogen and oxygen atoms in total. The van der Waals surface area contributed by atoms with Crippen LogP contribution in [0.5, 0.6) is 6.01 Å². The Labute approximate surface area is 108 Å². The summed E-state index contributed by atoms with van der Waals surface area (Å²) in [6.45, 7) is 9.60. The average molecular weight is 258 g/mol. The molecule has 1 rings (SSSR count). The Hall–Kier alpha value is -1.03. The van der Waals surface area contributed by atoms with Crippen LogP contribution in [0.25, 0.3) is 0 Å². The van der Waals surface area contributed by atoms with Gasteiger partial charge in [0.1, 0.15) is 5.02 Å². The lowest BCUT2D eigenvalue weighted by atomic mass is 9.81. The van der Waals surface area contributed by atoms with Crippen molar-refractivity contribution >= 4 is 17.4 Å². The molecule has 1 aromatic heterocycles. The molecule has 0 fully saturated rings. The Bertz CT molecular complexity index is 380. The van der Waals surface area contributed by atoms with Crippen molar-refractivity contribution < 1.29 is 4.74 Å². The summed E-state index contributed by atoms with van der Waals surface area (Å²) < 4.78 is 4.97. The van der Waals surface area contributed by atoms with E-state index in [9.17, 15) is 0 Å². The Morgan fingerprint density at radius 2 is 2.12 bits per heavy atom. The van der Waals surface area contributed by atoms with Gasteiger partial charge in [-0.05, 0) is 11.3 Å². The van der Waals surface area contributed by atoms with Crippen LogP contribution in [-0.4, -0.2) is 23.6 Å². The average Bonchev–Trinajstić information content (AvgIpc) is 2.28. The number of methoxy groups -OCH3 is 1. The van der Waals surface area contributed by atoms with Gasteiger partial charge in [-0.2, -0.15) is 4.98 Å². The van der Waals surface area contributed by atoms with Crippen LogP contribution >= 0.6 is 11.6 Å². The van der Waals surface area contributed by atoms with Gasteiger partial charge < -0.3 is 10.1 Å². The molecule has 1 heterocycles. The highest BCUT2D eigenvalue weighted by atomic mass is 35.5. The Morgan fingerprint density at radius 3 is 2.65 bits per heavy atom. The zero-order chi connectivity index (χ0) is 13.1. The molecule has 5 heteroatoms. The van der Waals surface area contributed by atoms with Crippen molar-refractivity contribution in [2.24, 2.45) is 11.3 Å². The fourth-order valence-corrected chi connectivity index (χ4v) is 1.25. The van der Waals surface area contributed by atoms with Crippen LogP contribution in [0.1, 0.15) is 27.7 Å². The number of anilines is 1. The van der Waals surface area contributed by atoms with E-state index in [2.05, 4.69) is 43.0 Å². The van der Waals surface area contributed by atoms with Gasteiger partial charge in [0.2, 0.25) is 0 Å². The van der Waals surface area contributed by atoms with Crippen molar-refractivity contribution in [2.45, 2.75) is 27.7 Å². The van der Waals surface area contributed by atoms with Gasteiger partial charge in [0.25, 0.3) is 0 Å². The van der Waals surface area contributed by atoms with E-state index >= 15 is 0 Å². The smallest absolute Gasteiger partial charge is 0.318 e. The van der Waals surface area contributed by atoms with Crippen LogP contribution in [0.15, 0.2) is 6.20 Å². The lowest BCUT2D eigenvalue weighted by Gasteiger charge is -2.29. The highest BCUT2D eigenvalue weighted by Crippen LogP contribution is 2.28. The van der Waals surface area contributed by atoms with Gasteiger partial charge in [-0.1, -0.05) is 39.3 Å². The molecule has 0 atom stereocenters. The van der Waals surface area contributed by atoms with E-state index in [1.807, 2.05) is 0 Å². The van der Waals surface area contributed by atoms with Crippen LogP contribution in [0.4, 0.5) is 5.82 Å². The number of aromatic nitrogens is 2. The molecule has 0 saturated carbocycles. The molecule has 0 radical (unpaired) electrons. The second-order valence-electron chi connectivity index (χ2n) is 5.05. The highest BCUT2D eigenvalue weighted by molar-refractivity contribution is 6.32. The number of ether oxygens (including phenoxy) is 1. The molecular formula is C12H20ClN3O. The van der Waals surface area contributed by atoms with E-state index in [0.29, 0.717) is 22.8 Å². The zero-order valence-electron chi connectivity index (χ0n) is 11.0. The molecule has 0 unspecified atom stereocenters. The van der Waals surface area contributed by atoms with Gasteiger partial charge in [0.15, 0.2) is 5.82 Å². The predicted octanol–water partition coefficient (Wildman–Crippen LogP) is 3.23. The predicted molar refractivity (Wildman–Crippen MR) is 70.7 cm³/mol. The van der Waals surface area contributed by atoms with E-state index in [0.717, 1.165) is 6.54 Å². The van der Waals surface area contributed by atoms with Crippen molar-refractivity contribution in [3.8, 4) is 6.01 Å². The summed E-state index contributed by atoms with van der Waals surface area (Å²) in [7, 11) is 1.53. The molecule has 96 valence electrons. The van der Waals surface area contributed by atoms with E-state index in [1.54, 1.807) is 0 Å². The van der Waals surface area contributed by atoms with Gasteiger partial charge in [-0.3, -0.25) is 0 Å². The van der Waals surface area contributed by atoms with Gasteiger partial charge in [-0.15, -0.1) is 0 Å². The Morgan fingerprint density at radius 1 is 1.47 bits per heavy atom. The van der Waals surface area contributed by atoms with Crippen LogP contribution in [0.2, 0.25) is 5.02 Å². The molecule has 1 N–H and O–H groups in total. The normalized spacial score (nSPS) is 11.7. The Balaban J connectivity index is 2.75. The molecule has 0 saturated heterocycles. The van der Waals surface area contributed by atoms with E-state index < -0.39 is 0 Å². The van der Waals surface area contributed by atoms with E-state index in [-0.39, 0.29) is 5.41 Å². The minimum Gasteiger partial charge on any atom is -0.467 e. The van der Waals surface area contributed by atoms with E-state index in [1.165, 1.54) is 13.3 Å². The van der Waals surface area contributed by atoms with Crippen LogP contribution in [-0.2, 0) is 0 Å². The summed E-state index contributed by atoms with van der Waals surface area (Å²) in [5.41, 5.74) is 0.168.